The maximum Gasteiger partial charge on any atom is 0.230 e. The van der Waals surface area contributed by atoms with Crippen LogP contribution in [-0.4, -0.2) is 32.3 Å². The second-order valence-electron chi connectivity index (χ2n) is 6.29. The minimum Gasteiger partial charge on any atom is -0.351 e. The van der Waals surface area contributed by atoms with Gasteiger partial charge in [-0.3, -0.25) is 14.2 Å². The van der Waals surface area contributed by atoms with Crippen LogP contribution in [0.4, 0.5) is 5.69 Å². The molecule has 0 bridgehead atoms. The predicted octanol–water partition coefficient (Wildman–Crippen LogP) is 3.60. The summed E-state index contributed by atoms with van der Waals surface area (Å²) >= 11 is 7.25. The number of carbonyl (C=O) groups excluding carboxylic acids is 2. The van der Waals surface area contributed by atoms with Crippen LogP contribution in [0.3, 0.4) is 0 Å². The molecule has 0 spiro atoms. The van der Waals surface area contributed by atoms with Gasteiger partial charge in [0.1, 0.15) is 5.82 Å². The Hall–Kier alpha value is -2.84. The molecule has 1 aromatic heterocycles. The van der Waals surface area contributed by atoms with Crippen molar-refractivity contribution in [2.24, 2.45) is 0 Å². The lowest BCUT2D eigenvalue weighted by molar-refractivity contribution is -0.118. The number of carbonyl (C=O) groups is 2. The number of nitrogens with one attached hydrogen (secondary N) is 2. The van der Waals surface area contributed by atoms with Gasteiger partial charge >= 0.3 is 0 Å². The van der Waals surface area contributed by atoms with E-state index in [0.29, 0.717) is 28.2 Å². The molecule has 9 heteroatoms. The SMILES string of the molecule is CC(=O)Nc1cccc(-n2c(C)nnc2SCC(=O)NCc2cccc(Cl)c2)c1. The molecule has 2 N–H and O–H groups in total. The molecule has 0 radical (unpaired) electrons. The van der Waals surface area contributed by atoms with Crippen molar-refractivity contribution in [3.8, 4) is 5.69 Å². The van der Waals surface area contributed by atoms with E-state index in [0.717, 1.165) is 11.3 Å². The molecule has 150 valence electrons. The van der Waals surface area contributed by atoms with E-state index < -0.39 is 0 Å². The zero-order chi connectivity index (χ0) is 20.8. The molecule has 0 fully saturated rings. The van der Waals surface area contributed by atoms with E-state index in [1.807, 2.05) is 47.9 Å². The lowest BCUT2D eigenvalue weighted by Gasteiger charge is -2.10. The summed E-state index contributed by atoms with van der Waals surface area (Å²) in [4.78, 5) is 23.5. The third kappa shape index (κ3) is 5.82. The van der Waals surface area contributed by atoms with Crippen molar-refractivity contribution < 1.29 is 9.59 Å². The van der Waals surface area contributed by atoms with Crippen LogP contribution >= 0.6 is 23.4 Å². The molecule has 7 nitrogen and oxygen atoms in total. The number of benzene rings is 2. The number of nitrogens with zero attached hydrogens (tertiary/aromatic N) is 3. The van der Waals surface area contributed by atoms with Crippen LogP contribution in [-0.2, 0) is 16.1 Å². The topological polar surface area (TPSA) is 88.9 Å². The number of hydrogen-bond donors (Lipinski definition) is 2. The lowest BCUT2D eigenvalue weighted by atomic mass is 10.2. The lowest BCUT2D eigenvalue weighted by Crippen LogP contribution is -2.24. The van der Waals surface area contributed by atoms with Gasteiger partial charge in [-0.05, 0) is 42.8 Å². The van der Waals surface area contributed by atoms with Gasteiger partial charge in [0.25, 0.3) is 0 Å². The summed E-state index contributed by atoms with van der Waals surface area (Å²) < 4.78 is 1.85. The molecule has 0 atom stereocenters. The van der Waals surface area contributed by atoms with Crippen molar-refractivity contribution in [1.29, 1.82) is 0 Å². The van der Waals surface area contributed by atoms with Gasteiger partial charge in [-0.1, -0.05) is 41.6 Å². The van der Waals surface area contributed by atoms with Crippen LogP contribution in [0.25, 0.3) is 5.69 Å². The maximum absolute atomic E-state index is 12.2. The van der Waals surface area contributed by atoms with Crippen LogP contribution in [0, 0.1) is 6.92 Å². The summed E-state index contributed by atoms with van der Waals surface area (Å²) in [5.41, 5.74) is 2.42. The molecule has 1 heterocycles. The molecule has 3 aromatic rings. The van der Waals surface area contributed by atoms with E-state index in [2.05, 4.69) is 20.8 Å². The molecular formula is C20H20ClN5O2S. The molecule has 0 saturated carbocycles. The first kappa shape index (κ1) is 20.9. The number of amides is 2. The number of rotatable bonds is 7. The van der Waals surface area contributed by atoms with Gasteiger partial charge in [-0.2, -0.15) is 0 Å². The quantitative estimate of drug-likeness (QED) is 0.560. The first-order valence-electron chi connectivity index (χ1n) is 8.86. The van der Waals surface area contributed by atoms with Gasteiger partial charge in [-0.25, -0.2) is 0 Å². The Morgan fingerprint density at radius 2 is 1.93 bits per heavy atom. The number of hydrogen-bond acceptors (Lipinski definition) is 5. The smallest absolute Gasteiger partial charge is 0.230 e. The Balaban J connectivity index is 1.65. The Kier molecular flexibility index (Phi) is 6.90. The van der Waals surface area contributed by atoms with Gasteiger partial charge in [0, 0.05) is 24.2 Å². The highest BCUT2D eigenvalue weighted by Crippen LogP contribution is 2.23. The highest BCUT2D eigenvalue weighted by Gasteiger charge is 2.14. The Labute approximate surface area is 177 Å². The maximum atomic E-state index is 12.2. The fourth-order valence-corrected chi connectivity index (χ4v) is 3.73. The first-order chi connectivity index (χ1) is 13.9. The zero-order valence-electron chi connectivity index (χ0n) is 16.0. The summed E-state index contributed by atoms with van der Waals surface area (Å²) in [5, 5.41) is 15.2. The van der Waals surface area contributed by atoms with Crippen LogP contribution < -0.4 is 10.6 Å². The zero-order valence-corrected chi connectivity index (χ0v) is 17.5. The minimum absolute atomic E-state index is 0.117. The largest absolute Gasteiger partial charge is 0.351 e. The summed E-state index contributed by atoms with van der Waals surface area (Å²) in [6.45, 7) is 3.70. The summed E-state index contributed by atoms with van der Waals surface area (Å²) in [6.07, 6.45) is 0. The van der Waals surface area contributed by atoms with E-state index in [9.17, 15) is 9.59 Å². The second kappa shape index (κ2) is 9.58. The molecule has 3 rings (SSSR count). The van der Waals surface area contributed by atoms with Crippen molar-refractivity contribution in [2.45, 2.75) is 25.5 Å². The van der Waals surface area contributed by atoms with E-state index in [-0.39, 0.29) is 17.6 Å². The summed E-state index contributed by atoms with van der Waals surface area (Å²) in [6, 6.07) is 14.7. The molecular weight excluding hydrogens is 410 g/mol. The van der Waals surface area contributed by atoms with E-state index >= 15 is 0 Å². The average Bonchev–Trinajstić information content (AvgIpc) is 3.05. The van der Waals surface area contributed by atoms with Crippen LogP contribution in [0.1, 0.15) is 18.3 Å². The standard InChI is InChI=1S/C20H20ClN5O2S/c1-13-24-25-20(26(13)18-8-4-7-17(10-18)23-14(2)27)29-12-19(28)22-11-15-5-3-6-16(21)9-15/h3-10H,11-12H2,1-2H3,(H,22,28)(H,23,27). The Morgan fingerprint density at radius 3 is 2.69 bits per heavy atom. The van der Waals surface area contributed by atoms with Crippen molar-refractivity contribution in [2.75, 3.05) is 11.1 Å². The Morgan fingerprint density at radius 1 is 1.14 bits per heavy atom. The summed E-state index contributed by atoms with van der Waals surface area (Å²) in [7, 11) is 0. The molecule has 2 aromatic carbocycles. The fraction of sp³-hybridized carbons (Fsp3) is 0.200. The molecule has 0 unspecified atom stereocenters. The molecule has 2 amide bonds. The van der Waals surface area contributed by atoms with E-state index in [4.69, 9.17) is 11.6 Å². The van der Waals surface area contributed by atoms with Crippen molar-refractivity contribution in [3.05, 3.63) is 64.9 Å². The second-order valence-corrected chi connectivity index (χ2v) is 7.67. The molecule has 29 heavy (non-hydrogen) atoms. The van der Waals surface area contributed by atoms with Gasteiger partial charge in [-0.15, -0.1) is 10.2 Å². The molecule has 0 saturated heterocycles. The van der Waals surface area contributed by atoms with E-state index in [1.54, 1.807) is 12.1 Å². The van der Waals surface area contributed by atoms with Gasteiger partial charge in [0.15, 0.2) is 5.16 Å². The third-order valence-corrected chi connectivity index (χ3v) is 5.10. The fourth-order valence-electron chi connectivity index (χ4n) is 2.69. The molecule has 0 aliphatic heterocycles. The normalized spacial score (nSPS) is 10.6. The van der Waals surface area contributed by atoms with Crippen LogP contribution in [0.5, 0.6) is 0 Å². The minimum atomic E-state index is -0.145. The molecule has 0 aliphatic rings. The van der Waals surface area contributed by atoms with Crippen LogP contribution in [0.15, 0.2) is 53.7 Å². The van der Waals surface area contributed by atoms with Crippen molar-refractivity contribution >= 4 is 40.9 Å². The van der Waals surface area contributed by atoms with Crippen LogP contribution in [0.2, 0.25) is 5.02 Å². The van der Waals surface area contributed by atoms with Gasteiger partial charge in [0.05, 0.1) is 11.4 Å². The van der Waals surface area contributed by atoms with Crippen molar-refractivity contribution in [1.82, 2.24) is 20.1 Å². The number of aryl methyl sites for hydroxylation is 1. The number of aromatic nitrogens is 3. The number of thioether (sulfide) groups is 1. The van der Waals surface area contributed by atoms with Gasteiger partial charge < -0.3 is 10.6 Å². The first-order valence-corrected chi connectivity index (χ1v) is 10.2. The number of halogens is 1. The highest BCUT2D eigenvalue weighted by atomic mass is 35.5. The third-order valence-electron chi connectivity index (χ3n) is 3.93. The molecule has 0 aliphatic carbocycles. The highest BCUT2D eigenvalue weighted by molar-refractivity contribution is 7.99. The van der Waals surface area contributed by atoms with E-state index in [1.165, 1.54) is 18.7 Å². The van der Waals surface area contributed by atoms with Crippen molar-refractivity contribution in [3.63, 3.8) is 0 Å². The average molecular weight is 430 g/mol. The Bertz CT molecular complexity index is 1040. The van der Waals surface area contributed by atoms with Gasteiger partial charge in [0.2, 0.25) is 11.8 Å². The number of anilines is 1. The predicted molar refractivity (Wildman–Crippen MR) is 114 cm³/mol. The monoisotopic (exact) mass is 429 g/mol. The summed E-state index contributed by atoms with van der Waals surface area (Å²) in [5.74, 6) is 0.624.